The first-order chi connectivity index (χ1) is 8.99. The van der Waals surface area contributed by atoms with Crippen LogP contribution >= 0.6 is 15.9 Å². The fourth-order valence-electron chi connectivity index (χ4n) is 2.25. The molecule has 2 rings (SSSR count). The zero-order valence-electron chi connectivity index (χ0n) is 10.5. The third kappa shape index (κ3) is 3.09. The molecule has 1 aromatic rings. The van der Waals surface area contributed by atoms with Gasteiger partial charge in [-0.3, -0.25) is 14.9 Å². The molecular formula is C12H14BrN3O3. The van der Waals surface area contributed by atoms with Gasteiger partial charge >= 0.3 is 0 Å². The minimum atomic E-state index is -0.476. The van der Waals surface area contributed by atoms with Gasteiger partial charge < -0.3 is 4.90 Å². The highest BCUT2D eigenvalue weighted by molar-refractivity contribution is 9.10. The standard InChI is InChI=1S/C12H14BrN3O3/c1-8(17)9-3-2-4-15(7-9)12-11(13)5-10(6-14-12)16(18)19/h5-6,9H,2-4,7H2,1H3. The number of piperidine rings is 1. The second kappa shape index (κ2) is 5.64. The van der Waals surface area contributed by atoms with Crippen molar-refractivity contribution >= 4 is 33.2 Å². The Bertz CT molecular complexity index is 521. The SMILES string of the molecule is CC(=O)C1CCCN(c2ncc([N+](=O)[O-])cc2Br)C1. The van der Waals surface area contributed by atoms with Crippen LogP contribution in [-0.2, 0) is 4.79 Å². The summed E-state index contributed by atoms with van der Waals surface area (Å²) in [6, 6.07) is 1.44. The number of halogens is 1. The molecule has 7 heteroatoms. The number of carbonyl (C=O) groups is 1. The predicted octanol–water partition coefficient (Wildman–Crippen LogP) is 2.56. The Morgan fingerprint density at radius 3 is 2.95 bits per heavy atom. The van der Waals surface area contributed by atoms with E-state index in [-0.39, 0.29) is 17.4 Å². The van der Waals surface area contributed by atoms with Crippen molar-refractivity contribution in [2.75, 3.05) is 18.0 Å². The molecule has 0 amide bonds. The molecule has 6 nitrogen and oxygen atoms in total. The average Bonchev–Trinajstić information content (AvgIpc) is 2.38. The number of Topliss-reactive ketones (excluding diaryl/α,β-unsaturated/α-hetero) is 1. The minimum Gasteiger partial charge on any atom is -0.355 e. The number of anilines is 1. The minimum absolute atomic E-state index is 0.0256. The molecule has 1 atom stereocenters. The molecule has 102 valence electrons. The van der Waals surface area contributed by atoms with Crippen LogP contribution in [0.3, 0.4) is 0 Å². The molecule has 0 N–H and O–H groups in total. The normalized spacial score (nSPS) is 19.3. The highest BCUT2D eigenvalue weighted by atomic mass is 79.9. The molecule has 0 radical (unpaired) electrons. The Morgan fingerprint density at radius 1 is 1.63 bits per heavy atom. The van der Waals surface area contributed by atoms with E-state index in [4.69, 9.17) is 0 Å². The molecule has 1 saturated heterocycles. The first-order valence-electron chi connectivity index (χ1n) is 6.04. The van der Waals surface area contributed by atoms with Crippen molar-refractivity contribution in [2.45, 2.75) is 19.8 Å². The summed E-state index contributed by atoms with van der Waals surface area (Å²) >= 11 is 3.31. The number of ketones is 1. The van der Waals surface area contributed by atoms with Gasteiger partial charge in [0.15, 0.2) is 0 Å². The van der Waals surface area contributed by atoms with E-state index in [2.05, 4.69) is 20.9 Å². The Hall–Kier alpha value is -1.50. The van der Waals surface area contributed by atoms with Crippen LogP contribution < -0.4 is 4.90 Å². The summed E-state index contributed by atoms with van der Waals surface area (Å²) in [5.74, 6) is 0.872. The van der Waals surface area contributed by atoms with E-state index >= 15 is 0 Å². The molecule has 0 saturated carbocycles. The van der Waals surface area contributed by atoms with Gasteiger partial charge in [-0.2, -0.15) is 0 Å². The van der Waals surface area contributed by atoms with Gasteiger partial charge in [0.2, 0.25) is 0 Å². The van der Waals surface area contributed by atoms with Crippen LogP contribution in [0.5, 0.6) is 0 Å². The van der Waals surface area contributed by atoms with Crippen LogP contribution in [0.4, 0.5) is 11.5 Å². The molecule has 0 spiro atoms. The number of nitrogens with zero attached hydrogens (tertiary/aromatic N) is 3. The van der Waals surface area contributed by atoms with Crippen LogP contribution in [0.2, 0.25) is 0 Å². The lowest BCUT2D eigenvalue weighted by atomic mass is 9.94. The Labute approximate surface area is 119 Å². The summed E-state index contributed by atoms with van der Waals surface area (Å²) in [7, 11) is 0. The summed E-state index contributed by atoms with van der Waals surface area (Å²) in [6.07, 6.45) is 3.07. The molecule has 1 aliphatic rings. The number of aromatic nitrogens is 1. The lowest BCUT2D eigenvalue weighted by molar-refractivity contribution is -0.385. The van der Waals surface area contributed by atoms with Crippen LogP contribution in [-0.4, -0.2) is 28.8 Å². The molecule has 0 bridgehead atoms. The van der Waals surface area contributed by atoms with Gasteiger partial charge in [-0.05, 0) is 35.7 Å². The van der Waals surface area contributed by atoms with Gasteiger partial charge in [0.05, 0.1) is 9.40 Å². The molecule has 0 aliphatic carbocycles. The highest BCUT2D eigenvalue weighted by Crippen LogP contribution is 2.30. The van der Waals surface area contributed by atoms with Crippen molar-refractivity contribution in [2.24, 2.45) is 5.92 Å². The first-order valence-corrected chi connectivity index (χ1v) is 6.83. The number of nitro groups is 1. The summed E-state index contributed by atoms with van der Waals surface area (Å²) < 4.78 is 0.589. The quantitative estimate of drug-likeness (QED) is 0.629. The molecule has 1 fully saturated rings. The fourth-order valence-corrected chi connectivity index (χ4v) is 2.84. The second-order valence-corrected chi connectivity index (χ2v) is 5.51. The van der Waals surface area contributed by atoms with Crippen molar-refractivity contribution < 1.29 is 9.72 Å². The number of rotatable bonds is 3. The number of hydrogen-bond donors (Lipinski definition) is 0. The molecule has 1 aromatic heterocycles. The van der Waals surface area contributed by atoms with E-state index in [1.165, 1.54) is 12.3 Å². The van der Waals surface area contributed by atoms with Gasteiger partial charge in [-0.15, -0.1) is 0 Å². The Morgan fingerprint density at radius 2 is 2.37 bits per heavy atom. The molecular weight excluding hydrogens is 314 g/mol. The number of hydrogen-bond acceptors (Lipinski definition) is 5. The predicted molar refractivity (Wildman–Crippen MR) is 74.2 cm³/mol. The van der Waals surface area contributed by atoms with Gasteiger partial charge in [-0.25, -0.2) is 4.98 Å². The summed E-state index contributed by atoms with van der Waals surface area (Å²) in [6.45, 7) is 3.04. The van der Waals surface area contributed by atoms with Crippen molar-refractivity contribution in [3.05, 3.63) is 26.9 Å². The summed E-state index contributed by atoms with van der Waals surface area (Å²) in [5, 5.41) is 10.7. The Kier molecular flexibility index (Phi) is 4.14. The number of carbonyl (C=O) groups excluding carboxylic acids is 1. The van der Waals surface area contributed by atoms with E-state index in [0.717, 1.165) is 19.4 Å². The van der Waals surface area contributed by atoms with Crippen LogP contribution in [0.25, 0.3) is 0 Å². The van der Waals surface area contributed by atoms with Gasteiger partial charge in [0, 0.05) is 25.1 Å². The van der Waals surface area contributed by atoms with E-state index in [1.807, 2.05) is 4.90 Å². The van der Waals surface area contributed by atoms with Crippen LogP contribution in [0.15, 0.2) is 16.7 Å². The van der Waals surface area contributed by atoms with Gasteiger partial charge in [0.1, 0.15) is 17.8 Å². The third-order valence-corrected chi connectivity index (χ3v) is 3.90. The number of pyridine rings is 1. The summed E-state index contributed by atoms with van der Waals surface area (Å²) in [5.41, 5.74) is -0.0456. The molecule has 2 heterocycles. The van der Waals surface area contributed by atoms with Crippen LogP contribution in [0.1, 0.15) is 19.8 Å². The van der Waals surface area contributed by atoms with Crippen molar-refractivity contribution in [3.8, 4) is 0 Å². The lowest BCUT2D eigenvalue weighted by Gasteiger charge is -2.32. The maximum atomic E-state index is 11.5. The van der Waals surface area contributed by atoms with Crippen molar-refractivity contribution in [3.63, 3.8) is 0 Å². The zero-order valence-corrected chi connectivity index (χ0v) is 12.1. The van der Waals surface area contributed by atoms with E-state index in [1.54, 1.807) is 6.92 Å². The largest absolute Gasteiger partial charge is 0.355 e. The van der Waals surface area contributed by atoms with Gasteiger partial charge in [0.25, 0.3) is 5.69 Å². The van der Waals surface area contributed by atoms with E-state index < -0.39 is 4.92 Å². The smallest absolute Gasteiger partial charge is 0.288 e. The van der Waals surface area contributed by atoms with E-state index in [0.29, 0.717) is 16.8 Å². The molecule has 1 unspecified atom stereocenters. The fraction of sp³-hybridized carbons (Fsp3) is 0.500. The Balaban J connectivity index is 2.22. The summed E-state index contributed by atoms with van der Waals surface area (Å²) in [4.78, 5) is 27.8. The first kappa shape index (κ1) is 13.9. The lowest BCUT2D eigenvalue weighted by Crippen LogP contribution is -2.38. The van der Waals surface area contributed by atoms with Gasteiger partial charge in [-0.1, -0.05) is 0 Å². The second-order valence-electron chi connectivity index (χ2n) is 4.65. The van der Waals surface area contributed by atoms with E-state index in [9.17, 15) is 14.9 Å². The topological polar surface area (TPSA) is 76.3 Å². The van der Waals surface area contributed by atoms with Crippen molar-refractivity contribution in [1.82, 2.24) is 4.98 Å². The molecule has 0 aromatic carbocycles. The monoisotopic (exact) mass is 327 g/mol. The zero-order chi connectivity index (χ0) is 14.0. The average molecular weight is 328 g/mol. The highest BCUT2D eigenvalue weighted by Gasteiger charge is 2.25. The maximum Gasteiger partial charge on any atom is 0.288 e. The molecule has 1 aliphatic heterocycles. The van der Waals surface area contributed by atoms with Crippen LogP contribution in [0, 0.1) is 16.0 Å². The third-order valence-electron chi connectivity index (χ3n) is 3.31. The molecule has 19 heavy (non-hydrogen) atoms. The van der Waals surface area contributed by atoms with Crippen molar-refractivity contribution in [1.29, 1.82) is 0 Å². The maximum absolute atomic E-state index is 11.5.